The van der Waals surface area contributed by atoms with E-state index in [1.54, 1.807) is 6.20 Å². The van der Waals surface area contributed by atoms with E-state index in [0.717, 1.165) is 24.0 Å². The third kappa shape index (κ3) is 3.78. The Bertz CT molecular complexity index is 827. The first kappa shape index (κ1) is 19.3. The molecule has 1 N–H and O–H groups in total. The monoisotopic (exact) mass is 385 g/mol. The normalized spacial score (nSPS) is 24.2. The largest absolute Gasteiger partial charge is 0.396 e. The lowest BCUT2D eigenvalue weighted by molar-refractivity contribution is 0.0689. The number of fused-ring (bicyclic) bond motifs is 1. The maximum atomic E-state index is 13.2. The average Bonchev–Trinajstić information content (AvgIpc) is 3.31. The maximum Gasteiger partial charge on any atom is 0.255 e. The summed E-state index contributed by atoms with van der Waals surface area (Å²) < 4.78 is 2.17. The van der Waals surface area contributed by atoms with Crippen LogP contribution in [0.15, 0.2) is 18.6 Å². The van der Waals surface area contributed by atoms with Crippen LogP contribution in [0.4, 0.5) is 0 Å². The molecular formula is C21H31N5O2. The zero-order valence-electron chi connectivity index (χ0n) is 16.9. The van der Waals surface area contributed by atoms with Crippen molar-refractivity contribution in [3.63, 3.8) is 0 Å². The molecule has 2 atom stereocenters. The molecule has 0 bridgehead atoms. The Balaban J connectivity index is 1.58. The topological polar surface area (TPSA) is 74.5 Å². The van der Waals surface area contributed by atoms with E-state index in [2.05, 4.69) is 33.5 Å². The zero-order chi connectivity index (χ0) is 19.7. The first-order valence-corrected chi connectivity index (χ1v) is 10.5. The van der Waals surface area contributed by atoms with Gasteiger partial charge in [0.05, 0.1) is 11.9 Å². The van der Waals surface area contributed by atoms with Gasteiger partial charge in [-0.3, -0.25) is 4.79 Å². The van der Waals surface area contributed by atoms with E-state index in [4.69, 9.17) is 0 Å². The molecule has 1 saturated heterocycles. The van der Waals surface area contributed by atoms with Crippen LogP contribution < -0.4 is 0 Å². The van der Waals surface area contributed by atoms with Crippen molar-refractivity contribution in [1.29, 1.82) is 0 Å². The van der Waals surface area contributed by atoms with Gasteiger partial charge in [0, 0.05) is 38.0 Å². The van der Waals surface area contributed by atoms with Crippen LogP contribution in [0.3, 0.4) is 0 Å². The number of hydrogen-bond acceptors (Lipinski definition) is 5. The van der Waals surface area contributed by atoms with Crippen LogP contribution in [0.5, 0.6) is 0 Å². The molecule has 2 aromatic rings. The minimum atomic E-state index is -0.0167. The van der Waals surface area contributed by atoms with Gasteiger partial charge < -0.3 is 19.5 Å². The standard InChI is InChI=1S/C21H31N5O2/c1-24(2)18-8-7-15(13-27)11-25(12-18)21(28)16-9-19-20(22-10-16)26(14-23-19)17-5-3-4-6-17/h9-10,14-15,17-18,27H,3-8,11-13H2,1-2H3/t15-,18+/m0/s1. The molecule has 7 nitrogen and oxygen atoms in total. The highest BCUT2D eigenvalue weighted by atomic mass is 16.3. The van der Waals surface area contributed by atoms with Crippen molar-refractivity contribution in [2.45, 2.75) is 50.6 Å². The predicted molar refractivity (Wildman–Crippen MR) is 108 cm³/mol. The number of pyridine rings is 1. The summed E-state index contributed by atoms with van der Waals surface area (Å²) in [5.74, 6) is 0.115. The fourth-order valence-electron chi connectivity index (χ4n) is 4.66. The Morgan fingerprint density at radius 2 is 1.96 bits per heavy atom. The van der Waals surface area contributed by atoms with E-state index in [-0.39, 0.29) is 18.4 Å². The van der Waals surface area contributed by atoms with E-state index in [9.17, 15) is 9.90 Å². The first-order chi connectivity index (χ1) is 13.6. The lowest BCUT2D eigenvalue weighted by Crippen LogP contribution is -2.42. The molecule has 152 valence electrons. The van der Waals surface area contributed by atoms with Crippen LogP contribution in [-0.4, -0.2) is 75.2 Å². The number of carbonyl (C=O) groups excluding carboxylic acids is 1. The van der Waals surface area contributed by atoms with Crippen LogP contribution in [0.25, 0.3) is 11.2 Å². The highest BCUT2D eigenvalue weighted by molar-refractivity contribution is 5.96. The third-order valence-corrected chi connectivity index (χ3v) is 6.47. The minimum Gasteiger partial charge on any atom is -0.396 e. The average molecular weight is 386 g/mol. The molecular weight excluding hydrogens is 354 g/mol. The van der Waals surface area contributed by atoms with Crippen LogP contribution in [-0.2, 0) is 0 Å². The molecule has 0 unspecified atom stereocenters. The maximum absolute atomic E-state index is 13.2. The number of carbonyl (C=O) groups is 1. The van der Waals surface area contributed by atoms with Gasteiger partial charge in [-0.15, -0.1) is 0 Å². The molecule has 7 heteroatoms. The quantitative estimate of drug-likeness (QED) is 0.874. The summed E-state index contributed by atoms with van der Waals surface area (Å²) in [6.07, 6.45) is 10.4. The number of aromatic nitrogens is 3. The second-order valence-electron chi connectivity index (χ2n) is 8.61. The molecule has 1 amide bonds. The minimum absolute atomic E-state index is 0.0167. The second kappa shape index (κ2) is 8.17. The Morgan fingerprint density at radius 1 is 1.18 bits per heavy atom. The van der Waals surface area contributed by atoms with Gasteiger partial charge in [0.1, 0.15) is 5.52 Å². The molecule has 1 saturated carbocycles. The number of imidazole rings is 1. The lowest BCUT2D eigenvalue weighted by atomic mass is 10.0. The van der Waals surface area contributed by atoms with Gasteiger partial charge in [-0.2, -0.15) is 0 Å². The van der Waals surface area contributed by atoms with Gasteiger partial charge >= 0.3 is 0 Å². The van der Waals surface area contributed by atoms with E-state index >= 15 is 0 Å². The van der Waals surface area contributed by atoms with E-state index in [0.29, 0.717) is 30.7 Å². The van der Waals surface area contributed by atoms with Crippen molar-refractivity contribution in [3.8, 4) is 0 Å². The number of hydrogen-bond donors (Lipinski definition) is 1. The van der Waals surface area contributed by atoms with Crippen LogP contribution >= 0.6 is 0 Å². The van der Waals surface area contributed by atoms with E-state index < -0.39 is 0 Å². The van der Waals surface area contributed by atoms with Gasteiger partial charge in [-0.05, 0) is 51.8 Å². The van der Waals surface area contributed by atoms with Crippen molar-refractivity contribution >= 4 is 17.1 Å². The number of aliphatic hydroxyl groups excluding tert-OH is 1. The molecule has 3 heterocycles. The predicted octanol–water partition coefficient (Wildman–Crippen LogP) is 2.32. The van der Waals surface area contributed by atoms with Crippen LogP contribution in [0.1, 0.15) is 54.9 Å². The number of likely N-dealkylation sites (tertiary alicyclic amines) is 1. The molecule has 2 aliphatic rings. The molecule has 28 heavy (non-hydrogen) atoms. The number of aliphatic hydroxyl groups is 1. The van der Waals surface area contributed by atoms with Crippen molar-refractivity contribution < 1.29 is 9.90 Å². The molecule has 2 aromatic heterocycles. The first-order valence-electron chi connectivity index (χ1n) is 10.5. The van der Waals surface area contributed by atoms with Gasteiger partial charge in [0.25, 0.3) is 5.91 Å². The summed E-state index contributed by atoms with van der Waals surface area (Å²) in [7, 11) is 4.10. The summed E-state index contributed by atoms with van der Waals surface area (Å²) in [6, 6.07) is 2.66. The Morgan fingerprint density at radius 3 is 2.68 bits per heavy atom. The smallest absolute Gasteiger partial charge is 0.255 e. The highest BCUT2D eigenvalue weighted by Gasteiger charge is 2.29. The van der Waals surface area contributed by atoms with Crippen molar-refractivity contribution in [3.05, 3.63) is 24.2 Å². The number of rotatable bonds is 4. The summed E-state index contributed by atoms with van der Waals surface area (Å²) in [6.45, 7) is 1.39. The number of likely N-dealkylation sites (N-methyl/N-ethyl adjacent to an activating group) is 1. The number of amides is 1. The van der Waals surface area contributed by atoms with Crippen molar-refractivity contribution in [2.75, 3.05) is 33.8 Å². The molecule has 2 fully saturated rings. The van der Waals surface area contributed by atoms with Gasteiger partial charge in [0.15, 0.2) is 5.65 Å². The second-order valence-corrected chi connectivity index (χ2v) is 8.61. The number of nitrogens with zero attached hydrogens (tertiary/aromatic N) is 5. The van der Waals surface area contributed by atoms with Crippen molar-refractivity contribution in [1.82, 2.24) is 24.3 Å². The van der Waals surface area contributed by atoms with Crippen LogP contribution in [0, 0.1) is 5.92 Å². The van der Waals surface area contributed by atoms with Gasteiger partial charge in [-0.25, -0.2) is 9.97 Å². The molecule has 0 aromatic carbocycles. The molecule has 1 aliphatic carbocycles. The molecule has 0 radical (unpaired) electrons. The summed E-state index contributed by atoms with van der Waals surface area (Å²) in [5, 5.41) is 9.68. The Kier molecular flexibility index (Phi) is 5.64. The third-order valence-electron chi connectivity index (χ3n) is 6.47. The SMILES string of the molecule is CN(C)[C@@H]1CC[C@H](CO)CN(C(=O)c2cnc3c(c2)ncn3C2CCCC2)C1. The van der Waals surface area contributed by atoms with Crippen molar-refractivity contribution in [2.24, 2.45) is 5.92 Å². The van der Waals surface area contributed by atoms with E-state index in [1.807, 2.05) is 17.3 Å². The van der Waals surface area contributed by atoms with Gasteiger partial charge in [-0.1, -0.05) is 12.8 Å². The summed E-state index contributed by atoms with van der Waals surface area (Å²) >= 11 is 0. The molecule has 0 spiro atoms. The van der Waals surface area contributed by atoms with Crippen LogP contribution in [0.2, 0.25) is 0 Å². The fourth-order valence-corrected chi connectivity index (χ4v) is 4.66. The Labute approximate surface area is 166 Å². The summed E-state index contributed by atoms with van der Waals surface area (Å²) in [4.78, 5) is 26.4. The lowest BCUT2D eigenvalue weighted by Gasteiger charge is -2.29. The Hall–Kier alpha value is -1.99. The molecule has 1 aliphatic heterocycles. The summed E-state index contributed by atoms with van der Waals surface area (Å²) in [5.41, 5.74) is 2.24. The molecule has 4 rings (SSSR count). The van der Waals surface area contributed by atoms with E-state index in [1.165, 1.54) is 25.7 Å². The highest BCUT2D eigenvalue weighted by Crippen LogP contribution is 2.31. The van der Waals surface area contributed by atoms with Gasteiger partial charge in [0.2, 0.25) is 0 Å². The fraction of sp³-hybridized carbons (Fsp3) is 0.667. The zero-order valence-corrected chi connectivity index (χ0v) is 16.9.